The predicted octanol–water partition coefficient (Wildman–Crippen LogP) is 4.86. The first-order chi connectivity index (χ1) is 14.0. The minimum atomic E-state index is -0.0299. The third-order valence-electron chi connectivity index (χ3n) is 5.82. The summed E-state index contributed by atoms with van der Waals surface area (Å²) in [6, 6.07) is 20.2. The Morgan fingerprint density at radius 1 is 1.07 bits per heavy atom. The maximum Gasteiger partial charge on any atom is 0.240 e. The lowest BCUT2D eigenvalue weighted by Crippen LogP contribution is -2.33. The molecule has 29 heavy (non-hydrogen) atoms. The third-order valence-corrected chi connectivity index (χ3v) is 5.82. The van der Waals surface area contributed by atoms with Gasteiger partial charge >= 0.3 is 0 Å². The topological polar surface area (TPSA) is 51.1 Å². The molecular formula is C25H26N2O2. The van der Waals surface area contributed by atoms with Crippen LogP contribution in [0.1, 0.15) is 53.0 Å². The van der Waals surface area contributed by atoms with Crippen molar-refractivity contribution >= 4 is 11.7 Å². The monoisotopic (exact) mass is 386 g/mol. The average Bonchev–Trinajstić information content (AvgIpc) is 3.05. The number of carbonyl (C=O) groups excluding carboxylic acids is 2. The number of carbonyl (C=O) groups is 2. The molecule has 1 amide bonds. The van der Waals surface area contributed by atoms with Gasteiger partial charge in [0.2, 0.25) is 5.91 Å². The molecule has 0 spiro atoms. The maximum atomic E-state index is 13.0. The van der Waals surface area contributed by atoms with Crippen LogP contribution in [-0.2, 0) is 17.8 Å². The molecule has 0 unspecified atom stereocenters. The molecule has 4 rings (SSSR count). The molecule has 2 aromatic carbocycles. The summed E-state index contributed by atoms with van der Waals surface area (Å²) in [6.07, 6.45) is 3.10. The van der Waals surface area contributed by atoms with Gasteiger partial charge in [-0.3, -0.25) is 9.59 Å². The summed E-state index contributed by atoms with van der Waals surface area (Å²) in [4.78, 5) is 25.1. The van der Waals surface area contributed by atoms with Gasteiger partial charge in [-0.1, -0.05) is 54.6 Å². The Morgan fingerprint density at radius 3 is 2.55 bits per heavy atom. The normalized spacial score (nSPS) is 15.6. The molecule has 0 saturated carbocycles. The molecular weight excluding hydrogens is 360 g/mol. The Bertz CT molecular complexity index is 1050. The zero-order valence-electron chi connectivity index (χ0n) is 16.9. The van der Waals surface area contributed by atoms with Crippen molar-refractivity contribution in [3.63, 3.8) is 0 Å². The largest absolute Gasteiger partial charge is 0.348 e. The molecule has 1 aliphatic carbocycles. The van der Waals surface area contributed by atoms with E-state index in [0.717, 1.165) is 36.2 Å². The average molecular weight is 386 g/mol. The van der Waals surface area contributed by atoms with Crippen LogP contribution in [0.25, 0.3) is 11.3 Å². The molecule has 1 atom stereocenters. The lowest BCUT2D eigenvalue weighted by atomic mass is 9.88. The first-order valence-electron chi connectivity index (χ1n) is 10.2. The second-order valence-electron chi connectivity index (χ2n) is 7.75. The number of amides is 1. The molecule has 1 aliphatic rings. The molecule has 0 bridgehead atoms. The predicted molar refractivity (Wildman–Crippen MR) is 115 cm³/mol. The van der Waals surface area contributed by atoms with Gasteiger partial charge < -0.3 is 9.88 Å². The zero-order valence-corrected chi connectivity index (χ0v) is 16.9. The van der Waals surface area contributed by atoms with Crippen molar-refractivity contribution in [1.29, 1.82) is 0 Å². The quantitative estimate of drug-likeness (QED) is 0.637. The Morgan fingerprint density at radius 2 is 1.79 bits per heavy atom. The van der Waals surface area contributed by atoms with Gasteiger partial charge in [0, 0.05) is 17.0 Å². The maximum absolute atomic E-state index is 13.0. The number of hydrogen-bond donors (Lipinski definition) is 1. The van der Waals surface area contributed by atoms with E-state index in [1.807, 2.05) is 54.0 Å². The Hall–Kier alpha value is -3.14. The van der Waals surface area contributed by atoms with Crippen LogP contribution < -0.4 is 5.32 Å². The van der Waals surface area contributed by atoms with Gasteiger partial charge in [0.15, 0.2) is 5.78 Å². The van der Waals surface area contributed by atoms with Gasteiger partial charge in [-0.15, -0.1) is 0 Å². The highest BCUT2D eigenvalue weighted by Crippen LogP contribution is 2.30. The summed E-state index contributed by atoms with van der Waals surface area (Å²) in [6.45, 7) is 3.68. The molecule has 0 fully saturated rings. The van der Waals surface area contributed by atoms with E-state index in [9.17, 15) is 9.59 Å². The summed E-state index contributed by atoms with van der Waals surface area (Å²) >= 11 is 0. The van der Waals surface area contributed by atoms with Crippen molar-refractivity contribution in [2.24, 2.45) is 0 Å². The number of benzene rings is 2. The molecule has 4 nitrogen and oxygen atoms in total. The fourth-order valence-electron chi connectivity index (χ4n) is 4.34. The highest BCUT2D eigenvalue weighted by Gasteiger charge is 2.23. The molecule has 148 valence electrons. The second kappa shape index (κ2) is 8.08. The van der Waals surface area contributed by atoms with Crippen LogP contribution in [-0.4, -0.2) is 16.3 Å². The molecule has 1 heterocycles. The Labute approximate surface area is 171 Å². The molecule has 1 N–H and O–H groups in total. The third kappa shape index (κ3) is 3.88. The van der Waals surface area contributed by atoms with E-state index in [1.165, 1.54) is 11.1 Å². The minimum absolute atomic E-state index is 0.0139. The van der Waals surface area contributed by atoms with Crippen molar-refractivity contribution in [2.45, 2.75) is 45.7 Å². The summed E-state index contributed by atoms with van der Waals surface area (Å²) < 4.78 is 1.95. The lowest BCUT2D eigenvalue weighted by molar-refractivity contribution is -0.122. The number of hydrogen-bond acceptors (Lipinski definition) is 2. The first-order valence-corrected chi connectivity index (χ1v) is 10.2. The first kappa shape index (κ1) is 19.2. The lowest BCUT2D eigenvalue weighted by Gasteiger charge is -2.26. The van der Waals surface area contributed by atoms with Gasteiger partial charge in [0.1, 0.15) is 6.54 Å². The fourth-order valence-corrected chi connectivity index (χ4v) is 4.34. The number of ketones is 1. The van der Waals surface area contributed by atoms with E-state index in [-0.39, 0.29) is 24.3 Å². The number of nitrogens with one attached hydrogen (secondary N) is 1. The Balaban J connectivity index is 1.61. The minimum Gasteiger partial charge on any atom is -0.348 e. The SMILES string of the molecule is CC(=O)c1cc(-c2ccccc2)n(CC(=O)N[C@@H]2CCCc3ccccc32)c1C. The number of fused-ring (bicyclic) bond motifs is 1. The van der Waals surface area contributed by atoms with Crippen molar-refractivity contribution in [1.82, 2.24) is 9.88 Å². The van der Waals surface area contributed by atoms with Crippen LogP contribution in [0.15, 0.2) is 60.7 Å². The van der Waals surface area contributed by atoms with Crippen molar-refractivity contribution in [3.8, 4) is 11.3 Å². The van der Waals surface area contributed by atoms with Crippen molar-refractivity contribution in [2.75, 3.05) is 0 Å². The highest BCUT2D eigenvalue weighted by atomic mass is 16.2. The number of rotatable bonds is 5. The van der Waals surface area contributed by atoms with E-state index < -0.39 is 0 Å². The van der Waals surface area contributed by atoms with E-state index in [4.69, 9.17) is 0 Å². The molecule has 0 aliphatic heterocycles. The van der Waals surface area contributed by atoms with E-state index in [1.54, 1.807) is 6.92 Å². The highest BCUT2D eigenvalue weighted by molar-refractivity contribution is 5.97. The van der Waals surface area contributed by atoms with Gasteiger partial charge in [-0.05, 0) is 55.9 Å². The van der Waals surface area contributed by atoms with Gasteiger partial charge in [0.05, 0.1) is 6.04 Å². The van der Waals surface area contributed by atoms with Crippen LogP contribution >= 0.6 is 0 Å². The standard InChI is InChI=1S/C25H26N2O2/c1-17-22(18(2)28)15-24(20-10-4-3-5-11-20)27(17)16-25(29)26-23-14-8-12-19-9-6-7-13-21(19)23/h3-7,9-11,13,15,23H,8,12,14,16H2,1-2H3,(H,26,29)/t23-/m1/s1. The van der Waals surface area contributed by atoms with Crippen LogP contribution in [0.4, 0.5) is 0 Å². The second-order valence-corrected chi connectivity index (χ2v) is 7.75. The van der Waals surface area contributed by atoms with Crippen LogP contribution in [0.2, 0.25) is 0 Å². The van der Waals surface area contributed by atoms with E-state index >= 15 is 0 Å². The van der Waals surface area contributed by atoms with E-state index in [0.29, 0.717) is 5.56 Å². The molecule has 1 aromatic heterocycles. The van der Waals surface area contributed by atoms with Gasteiger partial charge in [0.25, 0.3) is 0 Å². The molecule has 0 radical (unpaired) electrons. The number of nitrogens with zero attached hydrogens (tertiary/aromatic N) is 1. The van der Waals surface area contributed by atoms with Crippen molar-refractivity contribution < 1.29 is 9.59 Å². The summed E-state index contributed by atoms with van der Waals surface area (Å²) in [5, 5.41) is 3.22. The summed E-state index contributed by atoms with van der Waals surface area (Å²) in [5.41, 5.74) is 5.94. The van der Waals surface area contributed by atoms with Gasteiger partial charge in [-0.2, -0.15) is 0 Å². The number of aryl methyl sites for hydroxylation is 1. The fraction of sp³-hybridized carbons (Fsp3) is 0.280. The molecule has 3 aromatic rings. The number of Topliss-reactive ketones (excluding diaryl/α,β-unsaturated/α-hetero) is 1. The molecule has 0 saturated heterocycles. The summed E-state index contributed by atoms with van der Waals surface area (Å²) in [5.74, 6) is -0.0160. The zero-order chi connectivity index (χ0) is 20.4. The smallest absolute Gasteiger partial charge is 0.240 e. The van der Waals surface area contributed by atoms with E-state index in [2.05, 4.69) is 23.5 Å². The van der Waals surface area contributed by atoms with Gasteiger partial charge in [-0.25, -0.2) is 0 Å². The van der Waals surface area contributed by atoms with Crippen LogP contribution in [0.3, 0.4) is 0 Å². The van der Waals surface area contributed by atoms with Crippen LogP contribution in [0, 0.1) is 6.92 Å². The van der Waals surface area contributed by atoms with Crippen LogP contribution in [0.5, 0.6) is 0 Å². The summed E-state index contributed by atoms with van der Waals surface area (Å²) in [7, 11) is 0. The number of aromatic nitrogens is 1. The van der Waals surface area contributed by atoms with Crippen molar-refractivity contribution in [3.05, 3.63) is 83.0 Å². The molecule has 4 heteroatoms. The Kier molecular flexibility index (Phi) is 5.34.